The number of nitrogens with zero attached hydrogens (tertiary/aromatic N) is 2. The average Bonchev–Trinajstić information content (AvgIpc) is 2.55. The topological polar surface area (TPSA) is 71.0 Å². The van der Waals surface area contributed by atoms with Crippen LogP contribution in [0, 0.1) is 11.6 Å². The summed E-state index contributed by atoms with van der Waals surface area (Å²) >= 11 is 0. The molecule has 0 unspecified atom stereocenters. The third kappa shape index (κ3) is 6.16. The van der Waals surface area contributed by atoms with E-state index in [1.807, 2.05) is 11.8 Å². The summed E-state index contributed by atoms with van der Waals surface area (Å²) in [5.41, 5.74) is 0. The number of ether oxygens (including phenoxy) is 1. The molecule has 0 aliphatic carbocycles. The van der Waals surface area contributed by atoms with Gasteiger partial charge in [0.15, 0.2) is 27.4 Å². The van der Waals surface area contributed by atoms with Gasteiger partial charge in [-0.15, -0.1) is 24.0 Å². The molecule has 1 N–H and O–H groups in total. The molecule has 1 aromatic carbocycles. The van der Waals surface area contributed by atoms with E-state index >= 15 is 0 Å². The molecule has 1 aromatic rings. The molecule has 0 saturated carbocycles. The normalized spacial score (nSPS) is 18.6. The van der Waals surface area contributed by atoms with Gasteiger partial charge in [-0.25, -0.2) is 22.2 Å². The van der Waals surface area contributed by atoms with Gasteiger partial charge in [0.25, 0.3) is 0 Å². The van der Waals surface area contributed by atoms with Crippen LogP contribution >= 0.6 is 24.0 Å². The predicted octanol–water partition coefficient (Wildman–Crippen LogP) is 2.44. The summed E-state index contributed by atoms with van der Waals surface area (Å²) < 4.78 is 55.1. The Labute approximate surface area is 176 Å². The lowest BCUT2D eigenvalue weighted by molar-refractivity contribution is 0.307. The second-order valence-electron chi connectivity index (χ2n) is 6.66. The Morgan fingerprint density at radius 3 is 2.67 bits per heavy atom. The maximum absolute atomic E-state index is 13.5. The number of aliphatic imine (C=N–C) groups is 1. The molecule has 1 fully saturated rings. The third-order valence-electron chi connectivity index (χ3n) is 4.18. The van der Waals surface area contributed by atoms with Crippen molar-refractivity contribution in [3.8, 4) is 5.75 Å². The quantitative estimate of drug-likeness (QED) is 0.281. The van der Waals surface area contributed by atoms with Crippen LogP contribution in [0.25, 0.3) is 0 Å². The van der Waals surface area contributed by atoms with E-state index < -0.39 is 26.2 Å². The number of benzene rings is 1. The Morgan fingerprint density at radius 1 is 1.37 bits per heavy atom. The van der Waals surface area contributed by atoms with E-state index in [4.69, 9.17) is 4.74 Å². The molecule has 1 aliphatic rings. The first-order valence-corrected chi connectivity index (χ1v) is 10.1. The molecular formula is C17H26F2IN3O3S. The van der Waals surface area contributed by atoms with Gasteiger partial charge < -0.3 is 15.0 Å². The molecule has 0 spiro atoms. The van der Waals surface area contributed by atoms with E-state index in [0.717, 1.165) is 12.1 Å². The molecule has 27 heavy (non-hydrogen) atoms. The van der Waals surface area contributed by atoms with E-state index in [1.165, 1.54) is 6.07 Å². The van der Waals surface area contributed by atoms with Crippen molar-refractivity contribution in [2.24, 2.45) is 4.99 Å². The smallest absolute Gasteiger partial charge is 0.194 e. The number of hydrogen-bond donors (Lipinski definition) is 1. The van der Waals surface area contributed by atoms with Crippen LogP contribution in [0.5, 0.6) is 5.75 Å². The summed E-state index contributed by atoms with van der Waals surface area (Å²) in [5.74, 6) is -0.786. The minimum absolute atomic E-state index is 0. The highest BCUT2D eigenvalue weighted by molar-refractivity contribution is 14.0. The largest absolute Gasteiger partial charge is 0.489 e. The van der Waals surface area contributed by atoms with E-state index in [2.05, 4.69) is 10.3 Å². The zero-order valence-corrected chi connectivity index (χ0v) is 18.8. The molecule has 0 radical (unpaired) electrons. The van der Waals surface area contributed by atoms with Crippen LogP contribution in [-0.2, 0) is 9.84 Å². The van der Waals surface area contributed by atoms with Gasteiger partial charge in [0.1, 0.15) is 12.4 Å². The molecule has 154 valence electrons. The van der Waals surface area contributed by atoms with Crippen LogP contribution in [0.2, 0.25) is 0 Å². The fraction of sp³-hybridized carbons (Fsp3) is 0.588. The number of sulfone groups is 1. The van der Waals surface area contributed by atoms with Crippen LogP contribution < -0.4 is 10.1 Å². The van der Waals surface area contributed by atoms with E-state index in [0.29, 0.717) is 25.6 Å². The summed E-state index contributed by atoms with van der Waals surface area (Å²) in [6, 6.07) is 3.12. The molecule has 1 saturated heterocycles. The van der Waals surface area contributed by atoms with Gasteiger partial charge in [-0.2, -0.15) is 0 Å². The highest BCUT2D eigenvalue weighted by Crippen LogP contribution is 2.23. The highest BCUT2D eigenvalue weighted by Gasteiger charge is 2.40. The first-order valence-electron chi connectivity index (χ1n) is 8.50. The predicted molar refractivity (Wildman–Crippen MR) is 113 cm³/mol. The lowest BCUT2D eigenvalue weighted by atomic mass is 10.2. The summed E-state index contributed by atoms with van der Waals surface area (Å²) in [7, 11) is -3.13. The maximum atomic E-state index is 13.5. The monoisotopic (exact) mass is 517 g/mol. The second kappa shape index (κ2) is 9.85. The maximum Gasteiger partial charge on any atom is 0.194 e. The fourth-order valence-corrected chi connectivity index (χ4v) is 4.02. The zero-order chi connectivity index (χ0) is 19.4. The van der Waals surface area contributed by atoms with Gasteiger partial charge in [-0.05, 0) is 32.9 Å². The first-order chi connectivity index (χ1) is 12.2. The van der Waals surface area contributed by atoms with Crippen LogP contribution in [0.1, 0.15) is 20.8 Å². The third-order valence-corrected chi connectivity index (χ3v) is 6.72. The van der Waals surface area contributed by atoms with Gasteiger partial charge in [0, 0.05) is 25.7 Å². The van der Waals surface area contributed by atoms with Gasteiger partial charge in [-0.1, -0.05) is 0 Å². The lowest BCUT2D eigenvalue weighted by Gasteiger charge is -2.39. The number of hydrogen-bond acceptors (Lipinski definition) is 4. The Morgan fingerprint density at radius 2 is 2.07 bits per heavy atom. The van der Waals surface area contributed by atoms with Crippen LogP contribution in [0.3, 0.4) is 0 Å². The fourth-order valence-electron chi connectivity index (χ4n) is 2.65. The van der Waals surface area contributed by atoms with Crippen molar-refractivity contribution < 1.29 is 21.9 Å². The Kier molecular flexibility index (Phi) is 8.71. The van der Waals surface area contributed by atoms with Crippen molar-refractivity contribution in [2.75, 3.05) is 38.5 Å². The molecule has 2 rings (SSSR count). The van der Waals surface area contributed by atoms with Crippen molar-refractivity contribution in [2.45, 2.75) is 25.5 Å². The lowest BCUT2D eigenvalue weighted by Crippen LogP contribution is -2.57. The molecule has 0 bridgehead atoms. The summed E-state index contributed by atoms with van der Waals surface area (Å²) in [6.07, 6.45) is 0. The van der Waals surface area contributed by atoms with Crippen molar-refractivity contribution >= 4 is 39.8 Å². The molecular weight excluding hydrogens is 491 g/mol. The number of nitrogens with one attached hydrogen (secondary N) is 1. The van der Waals surface area contributed by atoms with Crippen LogP contribution in [0.4, 0.5) is 8.78 Å². The number of halogens is 3. The van der Waals surface area contributed by atoms with Gasteiger partial charge in [0.2, 0.25) is 0 Å². The van der Waals surface area contributed by atoms with Crippen molar-refractivity contribution in [1.29, 1.82) is 0 Å². The van der Waals surface area contributed by atoms with Gasteiger partial charge in [0.05, 0.1) is 17.0 Å². The molecule has 0 aromatic heterocycles. The summed E-state index contributed by atoms with van der Waals surface area (Å²) in [4.78, 5) is 6.33. The zero-order valence-electron chi connectivity index (χ0n) is 15.7. The SMILES string of the molecule is CCNC(=NCCOc1ccc(F)cc1F)N1CCS(=O)(=O)C(C)(C)C1.I. The van der Waals surface area contributed by atoms with Crippen LogP contribution in [0.15, 0.2) is 23.2 Å². The second-order valence-corrected chi connectivity index (χ2v) is 9.40. The van der Waals surface area contributed by atoms with Crippen LogP contribution in [-0.4, -0.2) is 62.6 Å². The standard InChI is InChI=1S/C17H25F2N3O3S.HI/c1-4-20-16(22-8-10-26(23,24)17(2,3)12-22)21-7-9-25-15-6-5-13(18)11-14(15)19;/h5-6,11H,4,7-10,12H2,1-3H3,(H,20,21);1H. The Balaban J connectivity index is 0.00000364. The molecule has 1 aliphatic heterocycles. The highest BCUT2D eigenvalue weighted by atomic mass is 127. The Bertz CT molecular complexity index is 773. The van der Waals surface area contributed by atoms with Gasteiger partial charge in [-0.3, -0.25) is 0 Å². The first kappa shape index (κ1) is 23.9. The summed E-state index contributed by atoms with van der Waals surface area (Å²) in [6.45, 7) is 7.05. The summed E-state index contributed by atoms with van der Waals surface area (Å²) in [5, 5.41) is 3.14. The number of rotatable bonds is 5. The van der Waals surface area contributed by atoms with Crippen molar-refractivity contribution in [3.63, 3.8) is 0 Å². The molecule has 0 atom stereocenters. The van der Waals surface area contributed by atoms with E-state index in [-0.39, 0.29) is 48.6 Å². The minimum atomic E-state index is -3.13. The molecule has 1 heterocycles. The van der Waals surface area contributed by atoms with E-state index in [9.17, 15) is 17.2 Å². The van der Waals surface area contributed by atoms with Gasteiger partial charge >= 0.3 is 0 Å². The van der Waals surface area contributed by atoms with E-state index in [1.54, 1.807) is 13.8 Å². The Hall–Kier alpha value is -1.17. The van der Waals surface area contributed by atoms with Crippen molar-refractivity contribution in [3.05, 3.63) is 29.8 Å². The minimum Gasteiger partial charge on any atom is -0.489 e. The molecule has 6 nitrogen and oxygen atoms in total. The number of guanidine groups is 1. The van der Waals surface area contributed by atoms with Crippen molar-refractivity contribution in [1.82, 2.24) is 10.2 Å². The molecule has 0 amide bonds. The average molecular weight is 517 g/mol. The molecule has 10 heteroatoms.